The minimum Gasteiger partial charge on any atom is -0.477 e. The maximum absolute atomic E-state index is 10.5. The van der Waals surface area contributed by atoms with Gasteiger partial charge in [-0.05, 0) is 0 Å². The molecule has 0 atom stereocenters. The van der Waals surface area contributed by atoms with Crippen LogP contribution < -0.4 is 17.4 Å². The maximum atomic E-state index is 10.5. The number of aromatic carboxylic acids is 1. The quantitative estimate of drug-likeness (QED) is 0.428. The summed E-state index contributed by atoms with van der Waals surface area (Å²) >= 11 is 0. The summed E-state index contributed by atoms with van der Waals surface area (Å²) in [5.74, 6) is -1.34. The third-order valence-corrected chi connectivity index (χ3v) is 0.991. The highest BCUT2D eigenvalue weighted by Gasteiger charge is 2.03. The largest absolute Gasteiger partial charge is 0.477 e. The van der Waals surface area contributed by atoms with Crippen molar-refractivity contribution in [3.8, 4) is 0 Å². The summed E-state index contributed by atoms with van der Waals surface area (Å²) in [6.07, 6.45) is 0. The molecule has 0 radical (unpaired) electrons. The van der Waals surface area contributed by atoms with Crippen molar-refractivity contribution in [2.24, 2.45) is 0 Å². The molecule has 1 heterocycles. The Labute approximate surface area is 65.7 Å². The van der Waals surface area contributed by atoms with Gasteiger partial charge in [0.2, 0.25) is 0 Å². The van der Waals surface area contributed by atoms with E-state index in [-0.39, 0.29) is 6.15 Å². The lowest BCUT2D eigenvalue weighted by molar-refractivity contribution is 0.0689. The highest BCUT2D eigenvalue weighted by Crippen LogP contribution is 1.81. The van der Waals surface area contributed by atoms with Gasteiger partial charge in [-0.2, -0.15) is 0 Å². The summed E-state index contributed by atoms with van der Waals surface area (Å²) in [6.45, 7) is 0. The number of hydrogen-bond acceptors (Lipinski definition) is 4. The lowest BCUT2D eigenvalue weighted by Gasteiger charge is -1.89. The van der Waals surface area contributed by atoms with E-state index in [1.165, 1.54) is 0 Å². The molecule has 0 aromatic carbocycles. The fourth-order valence-electron chi connectivity index (χ4n) is 0.584. The molecule has 0 unspecified atom stereocenters. The molecule has 66 valence electrons. The van der Waals surface area contributed by atoms with E-state index < -0.39 is 22.9 Å². The van der Waals surface area contributed by atoms with Gasteiger partial charge in [-0.1, -0.05) is 0 Å². The molecule has 0 bridgehead atoms. The normalized spacial score (nSPS) is 8.67. The Hall–Kier alpha value is -1.89. The maximum Gasteiger partial charge on any atom is 0.352 e. The SMILES string of the molecule is N.O=C(O)c1cc(=O)[nH]c(=O)[nH]1. The van der Waals surface area contributed by atoms with Crippen molar-refractivity contribution >= 4 is 5.97 Å². The van der Waals surface area contributed by atoms with E-state index >= 15 is 0 Å². The van der Waals surface area contributed by atoms with Gasteiger partial charge in [0.05, 0.1) is 0 Å². The van der Waals surface area contributed by atoms with Crippen LogP contribution in [0.1, 0.15) is 10.5 Å². The van der Waals surface area contributed by atoms with Crippen LogP contribution in [0.5, 0.6) is 0 Å². The molecule has 7 heteroatoms. The van der Waals surface area contributed by atoms with Crippen LogP contribution >= 0.6 is 0 Å². The second-order valence-electron chi connectivity index (χ2n) is 1.81. The second kappa shape index (κ2) is 3.49. The smallest absolute Gasteiger partial charge is 0.352 e. The molecule has 0 amide bonds. The number of H-pyrrole nitrogens is 2. The third kappa shape index (κ3) is 2.06. The fourth-order valence-corrected chi connectivity index (χ4v) is 0.584. The van der Waals surface area contributed by atoms with Crippen molar-refractivity contribution < 1.29 is 9.90 Å². The van der Waals surface area contributed by atoms with Gasteiger partial charge in [-0.15, -0.1) is 0 Å². The van der Waals surface area contributed by atoms with Crippen LogP contribution in [0.4, 0.5) is 0 Å². The second-order valence-corrected chi connectivity index (χ2v) is 1.81. The lowest BCUT2D eigenvalue weighted by Crippen LogP contribution is -2.24. The Balaban J connectivity index is 0.00000121. The van der Waals surface area contributed by atoms with Crippen LogP contribution in [0.3, 0.4) is 0 Å². The Morgan fingerprint density at radius 3 is 2.33 bits per heavy atom. The average Bonchev–Trinajstić information content (AvgIpc) is 1.85. The zero-order valence-corrected chi connectivity index (χ0v) is 5.96. The molecule has 0 aliphatic carbocycles. The van der Waals surface area contributed by atoms with E-state index in [0.717, 1.165) is 6.07 Å². The third-order valence-electron chi connectivity index (χ3n) is 0.991. The monoisotopic (exact) mass is 173 g/mol. The van der Waals surface area contributed by atoms with Gasteiger partial charge >= 0.3 is 11.7 Å². The summed E-state index contributed by atoms with van der Waals surface area (Å²) in [5, 5.41) is 8.31. The Bertz CT molecular complexity index is 362. The molecule has 1 aromatic rings. The zero-order valence-electron chi connectivity index (χ0n) is 5.96. The van der Waals surface area contributed by atoms with E-state index in [4.69, 9.17) is 5.11 Å². The fraction of sp³-hybridized carbons (Fsp3) is 0. The van der Waals surface area contributed by atoms with Gasteiger partial charge in [0, 0.05) is 6.07 Å². The standard InChI is InChI=1S/C5H4N2O4.H3N/c8-3-1-2(4(9)10)6-5(11)7-3;/h1H,(H,9,10)(H2,6,7,8,11);1H3. The van der Waals surface area contributed by atoms with E-state index in [1.807, 2.05) is 9.97 Å². The number of aromatic nitrogens is 2. The molecule has 0 aliphatic rings. The summed E-state index contributed by atoms with van der Waals surface area (Å²) in [5.41, 5.74) is -1.97. The van der Waals surface area contributed by atoms with Crippen LogP contribution in [0, 0.1) is 0 Å². The Kier molecular flexibility index (Phi) is 2.94. The van der Waals surface area contributed by atoms with Crippen molar-refractivity contribution in [3.05, 3.63) is 32.6 Å². The Morgan fingerprint density at radius 1 is 1.33 bits per heavy atom. The number of carboxylic acid groups (broad SMARTS) is 1. The Morgan fingerprint density at radius 2 is 1.92 bits per heavy atom. The number of aromatic amines is 2. The number of nitrogens with one attached hydrogen (secondary N) is 2. The lowest BCUT2D eigenvalue weighted by atomic mass is 10.4. The van der Waals surface area contributed by atoms with E-state index in [1.54, 1.807) is 0 Å². The molecule has 1 aromatic heterocycles. The number of rotatable bonds is 1. The van der Waals surface area contributed by atoms with E-state index in [2.05, 4.69) is 0 Å². The highest BCUT2D eigenvalue weighted by atomic mass is 16.4. The van der Waals surface area contributed by atoms with Crippen molar-refractivity contribution in [1.29, 1.82) is 0 Å². The van der Waals surface area contributed by atoms with E-state index in [9.17, 15) is 14.4 Å². The summed E-state index contributed by atoms with van der Waals surface area (Å²) in [4.78, 5) is 34.9. The first-order valence-electron chi connectivity index (χ1n) is 2.66. The average molecular weight is 173 g/mol. The molecule has 0 saturated carbocycles. The van der Waals surface area contributed by atoms with Gasteiger partial charge in [0.15, 0.2) is 0 Å². The van der Waals surface area contributed by atoms with Crippen molar-refractivity contribution in [1.82, 2.24) is 16.1 Å². The molecule has 7 nitrogen and oxygen atoms in total. The zero-order chi connectivity index (χ0) is 8.43. The molecular formula is C5H7N3O4. The summed E-state index contributed by atoms with van der Waals surface area (Å²) < 4.78 is 0. The first-order chi connectivity index (χ1) is 5.09. The van der Waals surface area contributed by atoms with Crippen molar-refractivity contribution in [2.45, 2.75) is 0 Å². The number of carbonyl (C=O) groups is 1. The molecule has 12 heavy (non-hydrogen) atoms. The first kappa shape index (κ1) is 10.1. The molecular weight excluding hydrogens is 166 g/mol. The van der Waals surface area contributed by atoms with Crippen molar-refractivity contribution in [2.75, 3.05) is 0 Å². The molecule has 0 fully saturated rings. The van der Waals surface area contributed by atoms with Gasteiger partial charge in [-0.3, -0.25) is 9.78 Å². The predicted molar refractivity (Wildman–Crippen MR) is 39.7 cm³/mol. The topological polar surface area (TPSA) is 138 Å². The minimum atomic E-state index is -1.34. The van der Waals surface area contributed by atoms with Crippen LogP contribution in [0.25, 0.3) is 0 Å². The number of hydrogen-bond donors (Lipinski definition) is 4. The van der Waals surface area contributed by atoms with E-state index in [0.29, 0.717) is 0 Å². The molecule has 1 rings (SSSR count). The van der Waals surface area contributed by atoms with Crippen molar-refractivity contribution in [3.63, 3.8) is 0 Å². The van der Waals surface area contributed by atoms with Crippen LogP contribution in [-0.4, -0.2) is 21.0 Å². The molecule has 0 saturated heterocycles. The molecule has 6 N–H and O–H groups in total. The van der Waals surface area contributed by atoms with Gasteiger partial charge in [0.1, 0.15) is 5.69 Å². The summed E-state index contributed by atoms with van der Waals surface area (Å²) in [7, 11) is 0. The molecule has 0 spiro atoms. The first-order valence-corrected chi connectivity index (χ1v) is 2.66. The molecule has 0 aliphatic heterocycles. The number of carboxylic acids is 1. The van der Waals surface area contributed by atoms with Crippen LogP contribution in [0.15, 0.2) is 15.7 Å². The minimum absolute atomic E-state index is 0. The van der Waals surface area contributed by atoms with Crippen LogP contribution in [-0.2, 0) is 0 Å². The van der Waals surface area contributed by atoms with Crippen LogP contribution in [0.2, 0.25) is 0 Å². The van der Waals surface area contributed by atoms with Gasteiger partial charge in [-0.25, -0.2) is 9.59 Å². The summed E-state index contributed by atoms with van der Waals surface area (Å²) in [6, 6.07) is 0.795. The predicted octanol–water partition coefficient (Wildman–Crippen LogP) is -1.08. The van der Waals surface area contributed by atoms with Gasteiger partial charge < -0.3 is 16.2 Å². The highest BCUT2D eigenvalue weighted by molar-refractivity contribution is 5.84. The van der Waals surface area contributed by atoms with Gasteiger partial charge in [0.25, 0.3) is 5.56 Å².